The molecule has 4 amide bonds. The third-order valence-electron chi connectivity index (χ3n) is 5.68. The van der Waals surface area contributed by atoms with Crippen LogP contribution >= 0.6 is 0 Å². The van der Waals surface area contributed by atoms with Crippen molar-refractivity contribution in [2.24, 2.45) is 0 Å². The molecule has 0 bridgehead atoms. The number of likely N-dealkylation sites (N-methyl/N-ethyl adjacent to an activating group) is 1. The van der Waals surface area contributed by atoms with E-state index in [0.717, 1.165) is 4.90 Å². The molecule has 1 aromatic carbocycles. The largest absolute Gasteiger partial charge is 0.483 e. The van der Waals surface area contributed by atoms with E-state index in [2.05, 4.69) is 10.6 Å². The number of hydrogen-bond donors (Lipinski definition) is 3. The fraction of sp³-hybridized carbons (Fsp3) is 0.577. The molecule has 1 fully saturated rings. The summed E-state index contributed by atoms with van der Waals surface area (Å²) in [5.74, 6) is -2.12. The molecule has 1 unspecified atom stereocenters. The van der Waals surface area contributed by atoms with Gasteiger partial charge in [-0.15, -0.1) is 0 Å². The Balaban J connectivity index is 1.69. The predicted octanol–water partition coefficient (Wildman–Crippen LogP) is -1.07. The van der Waals surface area contributed by atoms with Gasteiger partial charge in [0.15, 0.2) is 12.9 Å². The van der Waals surface area contributed by atoms with E-state index in [-0.39, 0.29) is 56.1 Å². The number of nitrogens with one attached hydrogen (secondary N) is 2. The zero-order valence-corrected chi connectivity index (χ0v) is 22.6. The lowest BCUT2D eigenvalue weighted by atomic mass is 10.0. The van der Waals surface area contributed by atoms with Crippen LogP contribution in [0.15, 0.2) is 18.2 Å². The van der Waals surface area contributed by atoms with Crippen LogP contribution in [0, 0.1) is 0 Å². The molecule has 0 aliphatic carbocycles. The average Bonchev–Trinajstić information content (AvgIpc) is 2.95. The molecule has 14 heteroatoms. The molecule has 1 heterocycles. The summed E-state index contributed by atoms with van der Waals surface area (Å²) in [5, 5.41) is 13.4. The van der Waals surface area contributed by atoms with Gasteiger partial charge in [-0.2, -0.15) is 0 Å². The van der Waals surface area contributed by atoms with E-state index in [1.165, 1.54) is 25.2 Å². The van der Waals surface area contributed by atoms with Crippen molar-refractivity contribution in [2.75, 3.05) is 79.7 Å². The maximum absolute atomic E-state index is 13.2. The second kappa shape index (κ2) is 18.8. The molecule has 222 valence electrons. The van der Waals surface area contributed by atoms with Crippen LogP contribution in [0.5, 0.6) is 5.75 Å². The van der Waals surface area contributed by atoms with Crippen LogP contribution in [0.3, 0.4) is 0 Å². The van der Waals surface area contributed by atoms with E-state index in [4.69, 9.17) is 28.8 Å². The number of imide groups is 1. The van der Waals surface area contributed by atoms with Crippen LogP contribution in [0.2, 0.25) is 0 Å². The molecule has 1 aromatic rings. The minimum Gasteiger partial charge on any atom is -0.483 e. The predicted molar refractivity (Wildman–Crippen MR) is 139 cm³/mol. The Hall–Kier alpha value is -3.43. The number of aldehydes is 1. The first-order chi connectivity index (χ1) is 19.4. The first-order valence-corrected chi connectivity index (χ1v) is 12.9. The van der Waals surface area contributed by atoms with Gasteiger partial charge < -0.3 is 39.0 Å². The lowest BCUT2D eigenvalue weighted by molar-refractivity contribution is -0.136. The van der Waals surface area contributed by atoms with Crippen LogP contribution < -0.4 is 15.4 Å². The van der Waals surface area contributed by atoms with Crippen LogP contribution in [0.1, 0.15) is 33.6 Å². The van der Waals surface area contributed by atoms with Crippen molar-refractivity contribution < 1.29 is 52.8 Å². The second-order valence-electron chi connectivity index (χ2n) is 8.53. The number of rotatable bonds is 20. The first-order valence-electron chi connectivity index (χ1n) is 12.9. The van der Waals surface area contributed by atoms with Gasteiger partial charge in [-0.1, -0.05) is 12.1 Å². The van der Waals surface area contributed by atoms with E-state index >= 15 is 0 Å². The number of aliphatic hydroxyl groups excluding tert-OH is 1. The Bertz CT molecular complexity index is 989. The molecule has 0 aromatic heterocycles. The Labute approximate surface area is 232 Å². The van der Waals surface area contributed by atoms with Crippen molar-refractivity contribution in [1.29, 1.82) is 0 Å². The molecule has 2 rings (SSSR count). The summed E-state index contributed by atoms with van der Waals surface area (Å²) >= 11 is 0. The van der Waals surface area contributed by atoms with Gasteiger partial charge in [0.1, 0.15) is 11.8 Å². The Kier molecular flexibility index (Phi) is 15.4. The number of nitrogens with zero attached hydrogens (tertiary/aromatic N) is 1. The fourth-order valence-corrected chi connectivity index (χ4v) is 3.65. The molecule has 0 saturated carbocycles. The molecule has 1 saturated heterocycles. The summed E-state index contributed by atoms with van der Waals surface area (Å²) in [6, 6.07) is 3.50. The summed E-state index contributed by atoms with van der Waals surface area (Å²) in [6.45, 7) is 2.64. The van der Waals surface area contributed by atoms with Gasteiger partial charge in [0.2, 0.25) is 11.8 Å². The minimum atomic E-state index is -0.886. The van der Waals surface area contributed by atoms with Crippen LogP contribution in [0.4, 0.5) is 0 Å². The monoisotopic (exact) mass is 567 g/mol. The van der Waals surface area contributed by atoms with E-state index < -0.39 is 36.3 Å². The van der Waals surface area contributed by atoms with Gasteiger partial charge in [-0.25, -0.2) is 0 Å². The molecule has 40 heavy (non-hydrogen) atoms. The van der Waals surface area contributed by atoms with Crippen LogP contribution in [0.25, 0.3) is 0 Å². The maximum atomic E-state index is 13.2. The van der Waals surface area contributed by atoms with E-state index in [0.29, 0.717) is 45.9 Å². The summed E-state index contributed by atoms with van der Waals surface area (Å²) < 4.78 is 26.6. The average molecular weight is 568 g/mol. The molecule has 14 nitrogen and oxygen atoms in total. The van der Waals surface area contributed by atoms with E-state index in [1.54, 1.807) is 0 Å². The van der Waals surface area contributed by atoms with Crippen LogP contribution in [-0.4, -0.2) is 126 Å². The maximum Gasteiger partial charge on any atom is 0.258 e. The van der Waals surface area contributed by atoms with Crippen molar-refractivity contribution in [3.8, 4) is 5.75 Å². The SMILES string of the molecule is CN(C(=O)c1c(C=O)cccc1OCC(=O)NCCOCCOCCOCCOCCO)C1CCC(=O)NC1=O. The molecule has 1 aliphatic rings. The highest BCUT2D eigenvalue weighted by Crippen LogP contribution is 2.25. The number of carbonyl (C=O) groups is 5. The lowest BCUT2D eigenvalue weighted by Gasteiger charge is -2.30. The summed E-state index contributed by atoms with van der Waals surface area (Å²) in [4.78, 5) is 61.8. The van der Waals surface area contributed by atoms with Gasteiger partial charge in [-0.05, 0) is 12.5 Å². The zero-order valence-electron chi connectivity index (χ0n) is 22.6. The second-order valence-corrected chi connectivity index (χ2v) is 8.53. The van der Waals surface area contributed by atoms with Crippen LogP contribution in [-0.2, 0) is 33.3 Å². The molecule has 1 atom stereocenters. The van der Waals surface area contributed by atoms with Gasteiger partial charge in [0, 0.05) is 25.6 Å². The summed E-state index contributed by atoms with van der Waals surface area (Å²) in [7, 11) is 1.40. The quantitative estimate of drug-likeness (QED) is 0.0992. The third kappa shape index (κ3) is 11.4. The Morgan fingerprint density at radius 1 is 1.02 bits per heavy atom. The summed E-state index contributed by atoms with van der Waals surface area (Å²) in [5.41, 5.74) is -0.0439. The normalized spacial score (nSPS) is 14.9. The number of carbonyl (C=O) groups excluding carboxylic acids is 5. The van der Waals surface area contributed by atoms with Crippen molar-refractivity contribution in [3.63, 3.8) is 0 Å². The number of benzene rings is 1. The standard InChI is InChI=1S/C26H37N3O11/c1-29(20-5-6-22(32)28-25(20)34)26(35)24-19(17-31)3-2-4-21(24)40-18-23(33)27-7-9-36-11-13-38-15-16-39-14-12-37-10-8-30/h2-4,17,20,30H,5-16,18H2,1H3,(H,27,33)(H,28,32,34). The van der Waals surface area contributed by atoms with Gasteiger partial charge >= 0.3 is 0 Å². The number of piperidine rings is 1. The third-order valence-corrected chi connectivity index (χ3v) is 5.68. The van der Waals surface area contributed by atoms with Crippen molar-refractivity contribution in [1.82, 2.24) is 15.5 Å². The molecule has 0 spiro atoms. The van der Waals surface area contributed by atoms with Gasteiger partial charge in [-0.3, -0.25) is 29.3 Å². The molecular formula is C26H37N3O11. The highest BCUT2D eigenvalue weighted by atomic mass is 16.6. The number of aliphatic hydroxyl groups is 1. The molecule has 3 N–H and O–H groups in total. The smallest absolute Gasteiger partial charge is 0.258 e. The first kappa shape index (κ1) is 32.8. The molecule has 1 aliphatic heterocycles. The van der Waals surface area contributed by atoms with Gasteiger partial charge in [0.05, 0.1) is 65.0 Å². The Morgan fingerprint density at radius 2 is 1.65 bits per heavy atom. The minimum absolute atomic E-state index is 0.0129. The highest BCUT2D eigenvalue weighted by molar-refractivity contribution is 6.07. The topological polar surface area (TPSA) is 179 Å². The fourth-order valence-electron chi connectivity index (χ4n) is 3.65. The van der Waals surface area contributed by atoms with E-state index in [9.17, 15) is 24.0 Å². The molecule has 0 radical (unpaired) electrons. The van der Waals surface area contributed by atoms with E-state index in [1.807, 2.05) is 0 Å². The number of hydrogen-bond acceptors (Lipinski definition) is 11. The van der Waals surface area contributed by atoms with Crippen molar-refractivity contribution >= 4 is 29.9 Å². The Morgan fingerprint density at radius 3 is 2.25 bits per heavy atom. The molecular weight excluding hydrogens is 530 g/mol. The lowest BCUT2D eigenvalue weighted by Crippen LogP contribution is -2.53. The number of ether oxygens (including phenoxy) is 5. The van der Waals surface area contributed by atoms with Gasteiger partial charge in [0.25, 0.3) is 11.8 Å². The summed E-state index contributed by atoms with van der Waals surface area (Å²) in [6.07, 6.45) is 0.727. The van der Waals surface area contributed by atoms with Crippen molar-refractivity contribution in [2.45, 2.75) is 18.9 Å². The highest BCUT2D eigenvalue weighted by Gasteiger charge is 2.34. The number of amides is 4. The van der Waals surface area contributed by atoms with Crippen molar-refractivity contribution in [3.05, 3.63) is 29.3 Å². The zero-order chi connectivity index (χ0) is 29.2.